The Morgan fingerprint density at radius 2 is 1.94 bits per heavy atom. The Morgan fingerprint density at radius 1 is 1.38 bits per heavy atom. The predicted octanol–water partition coefficient (Wildman–Crippen LogP) is 3.17. The van der Waals surface area contributed by atoms with E-state index in [1.165, 1.54) is 13.0 Å². The molecule has 1 atom stereocenters. The standard InChI is InChI=1S/C13H13BrO2/c1-9(10(2)15)3-8-13(16)11-4-6-12(14)7-5-11/h4-8,13,16H,1-2H3. The van der Waals surface area contributed by atoms with Gasteiger partial charge in [0.2, 0.25) is 0 Å². The van der Waals surface area contributed by atoms with Crippen molar-refractivity contribution in [1.82, 2.24) is 0 Å². The highest BCUT2D eigenvalue weighted by atomic mass is 79.9. The van der Waals surface area contributed by atoms with Gasteiger partial charge in [-0.05, 0) is 37.6 Å². The molecule has 1 aromatic rings. The van der Waals surface area contributed by atoms with Crippen molar-refractivity contribution in [2.45, 2.75) is 20.0 Å². The Balaban J connectivity index is 2.88. The van der Waals surface area contributed by atoms with Crippen LogP contribution in [0, 0.1) is 0 Å². The Bertz CT molecular complexity index is 440. The van der Waals surface area contributed by atoms with E-state index in [0.717, 1.165) is 10.0 Å². The largest absolute Gasteiger partial charge is 0.384 e. The van der Waals surface area contributed by atoms with Crippen LogP contribution in [-0.2, 0) is 4.79 Å². The maximum Gasteiger partial charge on any atom is 0.163 e. The molecule has 0 aliphatic heterocycles. The first-order chi connectivity index (χ1) is 7.50. The molecule has 1 rings (SSSR count). The zero-order valence-corrected chi connectivity index (χ0v) is 10.8. The summed E-state index contributed by atoms with van der Waals surface area (Å²) >= 11 is 3.32. The number of carbonyl (C=O) groups is 1. The number of benzene rings is 1. The van der Waals surface area contributed by atoms with Gasteiger partial charge in [-0.1, -0.05) is 28.1 Å². The summed E-state index contributed by atoms with van der Waals surface area (Å²) in [6, 6.07) is 7.34. The molecule has 0 saturated carbocycles. The fourth-order valence-corrected chi connectivity index (χ4v) is 1.33. The molecule has 0 aromatic heterocycles. The minimum Gasteiger partial charge on any atom is -0.384 e. The third-order valence-corrected chi connectivity index (χ3v) is 2.73. The van der Waals surface area contributed by atoms with Crippen molar-refractivity contribution in [3.05, 3.63) is 51.7 Å². The van der Waals surface area contributed by atoms with E-state index in [2.05, 4.69) is 21.7 Å². The van der Waals surface area contributed by atoms with Crippen molar-refractivity contribution in [2.24, 2.45) is 0 Å². The van der Waals surface area contributed by atoms with Crippen LogP contribution in [0.25, 0.3) is 0 Å². The average molecular weight is 281 g/mol. The number of aliphatic hydroxyl groups is 1. The smallest absolute Gasteiger partial charge is 0.163 e. The van der Waals surface area contributed by atoms with Gasteiger partial charge in [0.1, 0.15) is 6.10 Å². The summed E-state index contributed by atoms with van der Waals surface area (Å²) in [5.41, 5.74) is 4.06. The van der Waals surface area contributed by atoms with E-state index >= 15 is 0 Å². The molecule has 0 saturated heterocycles. The molecule has 1 unspecified atom stereocenters. The molecule has 84 valence electrons. The van der Waals surface area contributed by atoms with Crippen molar-refractivity contribution < 1.29 is 9.90 Å². The first-order valence-electron chi connectivity index (χ1n) is 4.88. The van der Waals surface area contributed by atoms with Gasteiger partial charge in [-0.15, -0.1) is 5.73 Å². The number of Topliss-reactive ketones (excluding diaryl/α,β-unsaturated/α-hetero) is 1. The predicted molar refractivity (Wildman–Crippen MR) is 67.1 cm³/mol. The number of hydrogen-bond acceptors (Lipinski definition) is 2. The number of carbonyl (C=O) groups excluding carboxylic acids is 1. The van der Waals surface area contributed by atoms with Crippen LogP contribution in [0.5, 0.6) is 0 Å². The first kappa shape index (κ1) is 12.9. The van der Waals surface area contributed by atoms with E-state index in [0.29, 0.717) is 5.57 Å². The van der Waals surface area contributed by atoms with E-state index in [1.54, 1.807) is 6.92 Å². The maximum atomic E-state index is 10.9. The molecule has 0 fully saturated rings. The van der Waals surface area contributed by atoms with Crippen molar-refractivity contribution in [3.8, 4) is 0 Å². The maximum absolute atomic E-state index is 10.9. The van der Waals surface area contributed by atoms with Crippen molar-refractivity contribution in [1.29, 1.82) is 0 Å². The summed E-state index contributed by atoms with van der Waals surface area (Å²) in [5, 5.41) is 9.78. The molecular formula is C13H13BrO2. The van der Waals surface area contributed by atoms with Gasteiger partial charge < -0.3 is 5.11 Å². The van der Waals surface area contributed by atoms with Crippen molar-refractivity contribution in [2.75, 3.05) is 0 Å². The summed E-state index contributed by atoms with van der Waals surface area (Å²) in [6.07, 6.45) is 0.752. The van der Waals surface area contributed by atoms with Crippen LogP contribution in [0.2, 0.25) is 0 Å². The van der Waals surface area contributed by atoms with Crippen LogP contribution in [0.15, 0.2) is 46.1 Å². The Labute approximate surface area is 103 Å². The van der Waals surface area contributed by atoms with Gasteiger partial charge in [0.05, 0.1) is 0 Å². The fourth-order valence-electron chi connectivity index (χ4n) is 1.06. The molecule has 3 heteroatoms. The van der Waals surface area contributed by atoms with E-state index < -0.39 is 6.10 Å². The molecule has 0 aliphatic carbocycles. The lowest BCUT2D eigenvalue weighted by Crippen LogP contribution is -1.93. The quantitative estimate of drug-likeness (QED) is 0.682. The molecule has 1 aromatic carbocycles. The molecule has 1 N–H and O–H groups in total. The first-order valence-corrected chi connectivity index (χ1v) is 5.68. The molecule has 2 nitrogen and oxygen atoms in total. The van der Waals surface area contributed by atoms with Crippen LogP contribution in [0.3, 0.4) is 0 Å². The van der Waals surface area contributed by atoms with Gasteiger partial charge in [-0.25, -0.2) is 0 Å². The second-order valence-electron chi connectivity index (χ2n) is 3.49. The Hall–Kier alpha value is -1.15. The fraction of sp³-hybridized carbons (Fsp3) is 0.231. The number of rotatable bonds is 3. The summed E-state index contributed by atoms with van der Waals surface area (Å²) in [6.45, 7) is 3.15. The average Bonchev–Trinajstić information content (AvgIpc) is 2.26. The zero-order chi connectivity index (χ0) is 12.1. The third kappa shape index (κ3) is 3.78. The summed E-state index contributed by atoms with van der Waals surface area (Å²) in [4.78, 5) is 10.9. The van der Waals surface area contributed by atoms with Gasteiger partial charge in [0.25, 0.3) is 0 Å². The van der Waals surface area contributed by atoms with Gasteiger partial charge >= 0.3 is 0 Å². The molecular weight excluding hydrogens is 268 g/mol. The van der Waals surface area contributed by atoms with Crippen LogP contribution in [-0.4, -0.2) is 10.9 Å². The van der Waals surface area contributed by atoms with Crippen LogP contribution < -0.4 is 0 Å². The van der Waals surface area contributed by atoms with Crippen molar-refractivity contribution in [3.63, 3.8) is 0 Å². The molecule has 0 radical (unpaired) electrons. The SMILES string of the molecule is CC(=O)C(C)=C=CC(O)c1ccc(Br)cc1. The summed E-state index contributed by atoms with van der Waals surface area (Å²) < 4.78 is 0.961. The van der Waals surface area contributed by atoms with Crippen LogP contribution in [0.1, 0.15) is 25.5 Å². The normalized spacial score (nSPS) is 11.5. The van der Waals surface area contributed by atoms with Crippen LogP contribution in [0.4, 0.5) is 0 Å². The molecule has 0 spiro atoms. The second-order valence-corrected chi connectivity index (χ2v) is 4.40. The molecule has 0 aliphatic rings. The minimum atomic E-state index is -0.734. The minimum absolute atomic E-state index is 0.0424. The van der Waals surface area contributed by atoms with E-state index in [-0.39, 0.29) is 5.78 Å². The summed E-state index contributed by atoms with van der Waals surface area (Å²) in [5.74, 6) is -0.0424. The van der Waals surface area contributed by atoms with Crippen molar-refractivity contribution >= 4 is 21.7 Å². The lowest BCUT2D eigenvalue weighted by atomic mass is 10.1. The second kappa shape index (κ2) is 5.80. The Morgan fingerprint density at radius 3 is 2.44 bits per heavy atom. The van der Waals surface area contributed by atoms with Gasteiger partial charge in [0, 0.05) is 10.0 Å². The van der Waals surface area contributed by atoms with Gasteiger partial charge in [-0.3, -0.25) is 4.79 Å². The van der Waals surface area contributed by atoms with E-state index in [4.69, 9.17) is 0 Å². The molecule has 16 heavy (non-hydrogen) atoms. The monoisotopic (exact) mass is 280 g/mol. The molecule has 0 amide bonds. The number of ketones is 1. The Kier molecular flexibility index (Phi) is 4.69. The lowest BCUT2D eigenvalue weighted by molar-refractivity contribution is -0.113. The van der Waals surface area contributed by atoms with E-state index in [9.17, 15) is 9.90 Å². The molecule has 0 heterocycles. The highest BCUT2D eigenvalue weighted by Gasteiger charge is 2.02. The highest BCUT2D eigenvalue weighted by Crippen LogP contribution is 2.17. The topological polar surface area (TPSA) is 37.3 Å². The third-order valence-electron chi connectivity index (χ3n) is 2.20. The zero-order valence-electron chi connectivity index (χ0n) is 9.20. The summed E-state index contributed by atoms with van der Waals surface area (Å²) in [7, 11) is 0. The number of halogens is 1. The highest BCUT2D eigenvalue weighted by molar-refractivity contribution is 9.10. The number of aliphatic hydroxyl groups excluding tert-OH is 1. The van der Waals surface area contributed by atoms with E-state index in [1.807, 2.05) is 24.3 Å². The van der Waals surface area contributed by atoms with Gasteiger partial charge in [-0.2, -0.15) is 0 Å². The molecule has 0 bridgehead atoms. The lowest BCUT2D eigenvalue weighted by Gasteiger charge is -2.04. The van der Waals surface area contributed by atoms with Gasteiger partial charge in [0.15, 0.2) is 5.78 Å². The number of hydrogen-bond donors (Lipinski definition) is 1. The van der Waals surface area contributed by atoms with Crippen LogP contribution >= 0.6 is 15.9 Å².